The minimum atomic E-state index is -0.297. The van der Waals surface area contributed by atoms with Gasteiger partial charge in [0.25, 0.3) is 5.91 Å². The van der Waals surface area contributed by atoms with E-state index in [4.69, 9.17) is 0 Å². The molecule has 1 aromatic heterocycles. The molecule has 0 radical (unpaired) electrons. The molecule has 162 valence electrons. The number of nitrogens with one attached hydrogen (secondary N) is 1. The van der Waals surface area contributed by atoms with Gasteiger partial charge in [-0.05, 0) is 57.0 Å². The number of carbonyl (C=O) groups is 2. The van der Waals surface area contributed by atoms with Crippen molar-refractivity contribution in [3.05, 3.63) is 53.1 Å². The number of carbonyl (C=O) groups excluding carboxylic acids is 2. The Balaban J connectivity index is 1.55. The van der Waals surface area contributed by atoms with Crippen molar-refractivity contribution in [2.24, 2.45) is 13.0 Å². The van der Waals surface area contributed by atoms with E-state index in [0.717, 1.165) is 43.6 Å². The highest BCUT2D eigenvalue weighted by atomic mass is 19.1. The number of benzene rings is 1. The number of likely N-dealkylation sites (N-methyl/N-ethyl adjacent to an activating group) is 1. The van der Waals surface area contributed by atoms with Gasteiger partial charge < -0.3 is 15.1 Å². The molecule has 0 spiro atoms. The van der Waals surface area contributed by atoms with Crippen molar-refractivity contribution < 1.29 is 14.0 Å². The first-order chi connectivity index (χ1) is 14.3. The van der Waals surface area contributed by atoms with Crippen LogP contribution in [-0.4, -0.2) is 65.1 Å². The highest BCUT2D eigenvalue weighted by Gasteiger charge is 2.25. The smallest absolute Gasteiger partial charge is 0.255 e. The predicted molar refractivity (Wildman–Crippen MR) is 112 cm³/mol. The molecule has 0 saturated carbocycles. The van der Waals surface area contributed by atoms with Gasteiger partial charge in [-0.1, -0.05) is 12.1 Å². The molecule has 2 aromatic rings. The van der Waals surface area contributed by atoms with Crippen LogP contribution in [0.4, 0.5) is 4.39 Å². The van der Waals surface area contributed by atoms with Gasteiger partial charge >= 0.3 is 0 Å². The average Bonchev–Trinajstić information content (AvgIpc) is 3.07. The van der Waals surface area contributed by atoms with Crippen molar-refractivity contribution in [2.75, 3.05) is 33.7 Å². The molecule has 1 aromatic carbocycles. The van der Waals surface area contributed by atoms with Crippen LogP contribution in [-0.2, 0) is 24.8 Å². The molecule has 2 amide bonds. The second-order valence-corrected chi connectivity index (χ2v) is 8.24. The highest BCUT2D eigenvalue weighted by molar-refractivity contribution is 5.95. The summed E-state index contributed by atoms with van der Waals surface area (Å²) < 4.78 is 14.7. The van der Waals surface area contributed by atoms with Gasteiger partial charge in [-0.2, -0.15) is 5.10 Å². The van der Waals surface area contributed by atoms with E-state index in [1.165, 1.54) is 12.1 Å². The number of rotatable bonds is 7. The Labute approximate surface area is 176 Å². The number of likely N-dealkylation sites (tertiary alicyclic amines) is 1. The molecule has 30 heavy (non-hydrogen) atoms. The van der Waals surface area contributed by atoms with E-state index in [9.17, 15) is 14.0 Å². The number of amides is 2. The van der Waals surface area contributed by atoms with Crippen LogP contribution >= 0.6 is 0 Å². The zero-order chi connectivity index (χ0) is 21.7. The normalized spacial score (nSPS) is 14.9. The molecule has 1 aliphatic rings. The maximum atomic E-state index is 13.0. The molecule has 2 heterocycles. The summed E-state index contributed by atoms with van der Waals surface area (Å²) in [5, 5.41) is 7.40. The van der Waals surface area contributed by atoms with Crippen molar-refractivity contribution in [3.63, 3.8) is 0 Å². The van der Waals surface area contributed by atoms with E-state index < -0.39 is 0 Å². The minimum Gasteiger partial charge on any atom is -0.348 e. The molecular formula is C22H30FN5O2. The van der Waals surface area contributed by atoms with E-state index in [0.29, 0.717) is 24.6 Å². The summed E-state index contributed by atoms with van der Waals surface area (Å²) in [5.74, 6) is 0.0826. The lowest BCUT2D eigenvalue weighted by Gasteiger charge is -2.32. The van der Waals surface area contributed by atoms with Crippen LogP contribution in [0.25, 0.3) is 0 Å². The summed E-state index contributed by atoms with van der Waals surface area (Å²) >= 11 is 0. The van der Waals surface area contributed by atoms with Crippen LogP contribution in [0.15, 0.2) is 30.5 Å². The topological polar surface area (TPSA) is 70.5 Å². The molecule has 1 fully saturated rings. The van der Waals surface area contributed by atoms with Gasteiger partial charge in [0.05, 0.1) is 17.8 Å². The maximum Gasteiger partial charge on any atom is 0.255 e. The highest BCUT2D eigenvalue weighted by Crippen LogP contribution is 2.23. The Kier molecular flexibility index (Phi) is 7.20. The van der Waals surface area contributed by atoms with E-state index in [1.54, 1.807) is 23.0 Å². The molecule has 0 atom stereocenters. The third kappa shape index (κ3) is 5.89. The Hall–Kier alpha value is -2.74. The largest absolute Gasteiger partial charge is 0.348 e. The van der Waals surface area contributed by atoms with Crippen molar-refractivity contribution in [2.45, 2.75) is 25.8 Å². The van der Waals surface area contributed by atoms with Crippen LogP contribution in [0, 0.1) is 11.7 Å². The van der Waals surface area contributed by atoms with E-state index in [1.807, 2.05) is 30.9 Å². The first-order valence-electron chi connectivity index (χ1n) is 10.3. The summed E-state index contributed by atoms with van der Waals surface area (Å²) in [6, 6.07) is 6.08. The third-order valence-electron chi connectivity index (χ3n) is 5.42. The Morgan fingerprint density at radius 1 is 1.20 bits per heavy atom. The van der Waals surface area contributed by atoms with Crippen molar-refractivity contribution in [1.29, 1.82) is 0 Å². The second-order valence-electron chi connectivity index (χ2n) is 8.24. The lowest BCUT2D eigenvalue weighted by molar-refractivity contribution is -0.133. The van der Waals surface area contributed by atoms with Gasteiger partial charge in [-0.25, -0.2) is 4.39 Å². The van der Waals surface area contributed by atoms with Crippen molar-refractivity contribution >= 4 is 11.8 Å². The van der Waals surface area contributed by atoms with Crippen LogP contribution in [0.1, 0.15) is 34.5 Å². The Morgan fingerprint density at radius 2 is 1.87 bits per heavy atom. The van der Waals surface area contributed by atoms with Gasteiger partial charge in [0.1, 0.15) is 5.82 Å². The molecular weight excluding hydrogens is 385 g/mol. The SMILES string of the molecule is CN(C)CC(=O)N1CCC(Cc2nn(C)cc2C(=O)NCc2ccc(F)cc2)CC1. The summed E-state index contributed by atoms with van der Waals surface area (Å²) in [6.07, 6.45) is 4.28. The molecule has 7 nitrogen and oxygen atoms in total. The molecule has 1 N–H and O–H groups in total. The second kappa shape index (κ2) is 9.84. The number of aromatic nitrogens is 2. The summed E-state index contributed by atoms with van der Waals surface area (Å²) in [5.41, 5.74) is 2.20. The van der Waals surface area contributed by atoms with Crippen molar-refractivity contribution in [3.8, 4) is 0 Å². The Morgan fingerprint density at radius 3 is 2.50 bits per heavy atom. The predicted octanol–water partition coefficient (Wildman–Crippen LogP) is 1.83. The van der Waals surface area contributed by atoms with Gasteiger partial charge in [0, 0.05) is 32.9 Å². The Bertz CT molecular complexity index is 870. The standard InChI is InChI=1S/C22H30FN5O2/c1-26(2)15-21(29)28-10-8-16(9-11-28)12-20-19(14-27(3)25-20)22(30)24-13-17-4-6-18(23)7-5-17/h4-7,14,16H,8-13,15H2,1-3H3,(H,24,30). The number of hydrogen-bond acceptors (Lipinski definition) is 4. The van der Waals surface area contributed by atoms with Crippen LogP contribution in [0.2, 0.25) is 0 Å². The number of nitrogens with zero attached hydrogens (tertiary/aromatic N) is 4. The summed E-state index contributed by atoms with van der Waals surface area (Å²) in [4.78, 5) is 28.7. The fourth-order valence-electron chi connectivity index (χ4n) is 3.79. The molecule has 8 heteroatoms. The van der Waals surface area contributed by atoms with Crippen LogP contribution in [0.3, 0.4) is 0 Å². The third-order valence-corrected chi connectivity index (χ3v) is 5.42. The quantitative estimate of drug-likeness (QED) is 0.749. The molecule has 3 rings (SSSR count). The zero-order valence-corrected chi connectivity index (χ0v) is 17.9. The molecule has 0 unspecified atom stereocenters. The lowest BCUT2D eigenvalue weighted by Crippen LogP contribution is -2.43. The fraction of sp³-hybridized carbons (Fsp3) is 0.500. The van der Waals surface area contributed by atoms with Gasteiger partial charge in [-0.15, -0.1) is 0 Å². The van der Waals surface area contributed by atoms with Crippen LogP contribution < -0.4 is 5.32 Å². The first-order valence-corrected chi connectivity index (χ1v) is 10.3. The van der Waals surface area contributed by atoms with Crippen LogP contribution in [0.5, 0.6) is 0 Å². The molecule has 0 bridgehead atoms. The monoisotopic (exact) mass is 415 g/mol. The summed E-state index contributed by atoms with van der Waals surface area (Å²) in [7, 11) is 5.60. The van der Waals surface area contributed by atoms with Crippen molar-refractivity contribution in [1.82, 2.24) is 24.9 Å². The zero-order valence-electron chi connectivity index (χ0n) is 17.9. The summed E-state index contributed by atoms with van der Waals surface area (Å²) in [6.45, 7) is 2.26. The first kappa shape index (κ1) is 22.0. The average molecular weight is 416 g/mol. The molecule has 1 saturated heterocycles. The minimum absolute atomic E-state index is 0.164. The lowest BCUT2D eigenvalue weighted by atomic mass is 9.91. The number of hydrogen-bond donors (Lipinski definition) is 1. The van der Waals surface area contributed by atoms with Gasteiger partial charge in [0.2, 0.25) is 5.91 Å². The van der Waals surface area contributed by atoms with Gasteiger partial charge in [-0.3, -0.25) is 14.3 Å². The van der Waals surface area contributed by atoms with E-state index >= 15 is 0 Å². The van der Waals surface area contributed by atoms with Gasteiger partial charge in [0.15, 0.2) is 0 Å². The van der Waals surface area contributed by atoms with E-state index in [2.05, 4.69) is 10.4 Å². The number of aryl methyl sites for hydroxylation is 1. The maximum absolute atomic E-state index is 13.0. The molecule has 1 aliphatic heterocycles. The number of halogens is 1. The number of piperidine rings is 1. The van der Waals surface area contributed by atoms with E-state index in [-0.39, 0.29) is 17.6 Å². The molecule has 0 aliphatic carbocycles. The fourth-order valence-corrected chi connectivity index (χ4v) is 3.79.